The van der Waals surface area contributed by atoms with Gasteiger partial charge in [-0.05, 0) is 62.8 Å². The van der Waals surface area contributed by atoms with Gasteiger partial charge in [0.15, 0.2) is 0 Å². The van der Waals surface area contributed by atoms with Crippen molar-refractivity contribution in [3.8, 4) is 11.1 Å². The number of benzene rings is 1. The van der Waals surface area contributed by atoms with Crippen molar-refractivity contribution < 1.29 is 14.4 Å². The summed E-state index contributed by atoms with van der Waals surface area (Å²) in [6, 6.07) is 12.3. The van der Waals surface area contributed by atoms with Gasteiger partial charge in [-0.2, -0.15) is 0 Å². The quantitative estimate of drug-likeness (QED) is 0.645. The molecular formula is C26H31N5O3. The van der Waals surface area contributed by atoms with E-state index in [2.05, 4.69) is 57.8 Å². The fourth-order valence-electron chi connectivity index (χ4n) is 5.28. The number of nitrogens with one attached hydrogen (secondary N) is 2. The molecule has 0 spiro atoms. The van der Waals surface area contributed by atoms with E-state index in [0.29, 0.717) is 19.5 Å². The van der Waals surface area contributed by atoms with Gasteiger partial charge in [0, 0.05) is 55.2 Å². The second-order valence-corrected chi connectivity index (χ2v) is 9.77. The van der Waals surface area contributed by atoms with E-state index in [9.17, 15) is 14.4 Å². The van der Waals surface area contributed by atoms with E-state index in [1.54, 1.807) is 0 Å². The van der Waals surface area contributed by atoms with Crippen LogP contribution in [0.25, 0.3) is 11.1 Å². The summed E-state index contributed by atoms with van der Waals surface area (Å²) in [6.45, 7) is 6.12. The van der Waals surface area contributed by atoms with Crippen LogP contribution in [0.4, 0.5) is 10.5 Å². The number of aromatic nitrogens is 1. The molecule has 34 heavy (non-hydrogen) atoms. The van der Waals surface area contributed by atoms with Crippen molar-refractivity contribution in [2.75, 3.05) is 24.5 Å². The van der Waals surface area contributed by atoms with Gasteiger partial charge in [0.2, 0.25) is 5.91 Å². The number of piperazine rings is 1. The molecule has 3 fully saturated rings. The minimum atomic E-state index is -0.911. The summed E-state index contributed by atoms with van der Waals surface area (Å²) < 4.78 is 0. The molecule has 2 N–H and O–H groups in total. The number of hydrogen-bond acceptors (Lipinski definition) is 5. The van der Waals surface area contributed by atoms with Crippen molar-refractivity contribution in [1.82, 2.24) is 20.5 Å². The monoisotopic (exact) mass is 461 g/mol. The molecule has 2 aromatic rings. The number of rotatable bonds is 6. The van der Waals surface area contributed by atoms with Crippen molar-refractivity contribution in [3.63, 3.8) is 0 Å². The highest BCUT2D eigenvalue weighted by molar-refractivity contribution is 6.07. The molecule has 1 saturated carbocycles. The smallest absolute Gasteiger partial charge is 0.322 e. The Hall–Kier alpha value is -3.42. The molecule has 5 rings (SSSR count). The lowest BCUT2D eigenvalue weighted by Crippen LogP contribution is -2.54. The maximum absolute atomic E-state index is 13.0. The molecule has 8 heteroatoms. The van der Waals surface area contributed by atoms with Crippen LogP contribution in [0.3, 0.4) is 0 Å². The van der Waals surface area contributed by atoms with Crippen LogP contribution in [0.2, 0.25) is 0 Å². The summed E-state index contributed by atoms with van der Waals surface area (Å²) >= 11 is 0. The van der Waals surface area contributed by atoms with E-state index in [0.717, 1.165) is 41.9 Å². The number of imide groups is 1. The first-order valence-electron chi connectivity index (χ1n) is 12.1. The van der Waals surface area contributed by atoms with Gasteiger partial charge < -0.3 is 15.1 Å². The lowest BCUT2D eigenvalue weighted by atomic mass is 9.87. The van der Waals surface area contributed by atoms with Crippen LogP contribution in [0, 0.1) is 12.8 Å². The summed E-state index contributed by atoms with van der Waals surface area (Å²) in [6.07, 6.45) is 4.34. The molecule has 0 radical (unpaired) electrons. The van der Waals surface area contributed by atoms with E-state index in [1.807, 2.05) is 24.1 Å². The van der Waals surface area contributed by atoms with Crippen LogP contribution in [0.5, 0.6) is 0 Å². The Morgan fingerprint density at radius 3 is 2.62 bits per heavy atom. The number of urea groups is 1. The van der Waals surface area contributed by atoms with Crippen LogP contribution in [0.1, 0.15) is 38.3 Å². The third kappa shape index (κ3) is 4.24. The molecule has 178 valence electrons. The lowest BCUT2D eigenvalue weighted by molar-refractivity contribution is -0.133. The summed E-state index contributed by atoms with van der Waals surface area (Å²) in [5.74, 6) is -0.104. The molecule has 8 nitrogen and oxygen atoms in total. The first-order valence-corrected chi connectivity index (χ1v) is 12.1. The Bertz CT molecular complexity index is 1110. The van der Waals surface area contributed by atoms with Crippen molar-refractivity contribution in [2.24, 2.45) is 5.92 Å². The van der Waals surface area contributed by atoms with Crippen LogP contribution in [-0.2, 0) is 9.59 Å². The number of hydrogen-bond donors (Lipinski definition) is 2. The van der Waals surface area contributed by atoms with Crippen molar-refractivity contribution in [1.29, 1.82) is 0 Å². The average molecular weight is 462 g/mol. The SMILES string of the molecule is Cc1ccc(-c2cccc(N3CCN(C(=O)CCC4(C5CC5)NC(=O)NC4=O)C[C@@H]3C)c2)cn1. The average Bonchev–Trinajstić information content (AvgIpc) is 3.63. The van der Waals surface area contributed by atoms with E-state index in [4.69, 9.17) is 0 Å². The van der Waals surface area contributed by atoms with Crippen LogP contribution in [-0.4, -0.2) is 58.9 Å². The Morgan fingerprint density at radius 2 is 1.97 bits per heavy atom. The molecule has 1 aromatic heterocycles. The van der Waals surface area contributed by atoms with Crippen molar-refractivity contribution in [2.45, 2.75) is 51.1 Å². The van der Waals surface area contributed by atoms with Gasteiger partial charge in [-0.3, -0.25) is 19.9 Å². The summed E-state index contributed by atoms with van der Waals surface area (Å²) in [4.78, 5) is 45.9. The van der Waals surface area contributed by atoms with Gasteiger partial charge in [-0.25, -0.2) is 4.79 Å². The van der Waals surface area contributed by atoms with E-state index in [-0.39, 0.29) is 30.2 Å². The van der Waals surface area contributed by atoms with Gasteiger partial charge >= 0.3 is 6.03 Å². The molecule has 1 aromatic carbocycles. The zero-order chi connectivity index (χ0) is 23.9. The van der Waals surface area contributed by atoms with E-state index in [1.165, 1.54) is 0 Å². The highest BCUT2D eigenvalue weighted by Gasteiger charge is 2.55. The summed E-state index contributed by atoms with van der Waals surface area (Å²) in [5.41, 5.74) is 3.43. The first kappa shape index (κ1) is 22.4. The fourth-order valence-corrected chi connectivity index (χ4v) is 5.28. The summed E-state index contributed by atoms with van der Waals surface area (Å²) in [7, 11) is 0. The van der Waals surface area contributed by atoms with Crippen molar-refractivity contribution >= 4 is 23.5 Å². The molecule has 0 bridgehead atoms. The Kier molecular flexibility index (Phi) is 5.75. The maximum atomic E-state index is 13.0. The van der Waals surface area contributed by atoms with Gasteiger partial charge in [0.1, 0.15) is 5.54 Å². The zero-order valence-electron chi connectivity index (χ0n) is 19.7. The van der Waals surface area contributed by atoms with Gasteiger partial charge in [-0.1, -0.05) is 18.2 Å². The Labute approximate surface area is 199 Å². The standard InChI is InChI=1S/C26H31N5O3/c1-17-6-7-20(15-27-17)19-4-3-5-22(14-19)31-13-12-30(16-18(31)2)23(32)10-11-26(21-8-9-21)24(33)28-25(34)29-26/h3-7,14-15,18,21H,8-13,16H2,1-2H3,(H2,28,29,33,34)/t18-,26?/m0/s1. The van der Waals surface area contributed by atoms with Gasteiger partial charge in [-0.15, -0.1) is 0 Å². The lowest BCUT2D eigenvalue weighted by Gasteiger charge is -2.41. The van der Waals surface area contributed by atoms with Gasteiger partial charge in [0.25, 0.3) is 5.91 Å². The minimum Gasteiger partial charge on any atom is -0.365 e. The molecule has 3 aliphatic rings. The molecule has 2 saturated heterocycles. The molecule has 1 unspecified atom stereocenters. The number of pyridine rings is 1. The molecule has 4 amide bonds. The number of anilines is 1. The predicted molar refractivity (Wildman–Crippen MR) is 129 cm³/mol. The number of nitrogens with zero attached hydrogens (tertiary/aromatic N) is 3. The van der Waals surface area contributed by atoms with Gasteiger partial charge in [0.05, 0.1) is 0 Å². The van der Waals surface area contributed by atoms with E-state index >= 15 is 0 Å². The molecule has 2 aliphatic heterocycles. The number of aryl methyl sites for hydroxylation is 1. The highest BCUT2D eigenvalue weighted by Crippen LogP contribution is 2.43. The largest absolute Gasteiger partial charge is 0.365 e. The topological polar surface area (TPSA) is 94.6 Å². The normalized spacial score (nSPS) is 24.7. The van der Waals surface area contributed by atoms with Crippen molar-refractivity contribution in [3.05, 3.63) is 48.3 Å². The second-order valence-electron chi connectivity index (χ2n) is 9.77. The molecule has 2 atom stereocenters. The molecule has 3 heterocycles. The number of carbonyl (C=O) groups is 3. The number of amides is 4. The predicted octanol–water partition coefficient (Wildman–Crippen LogP) is 2.86. The highest BCUT2D eigenvalue weighted by atomic mass is 16.2. The van der Waals surface area contributed by atoms with Crippen LogP contribution < -0.4 is 15.5 Å². The fraction of sp³-hybridized carbons (Fsp3) is 0.462. The molecular weight excluding hydrogens is 430 g/mol. The second kappa shape index (κ2) is 8.74. The van der Waals surface area contributed by atoms with Crippen LogP contribution >= 0.6 is 0 Å². The zero-order valence-corrected chi connectivity index (χ0v) is 19.7. The summed E-state index contributed by atoms with van der Waals surface area (Å²) in [5, 5.41) is 5.17. The number of carbonyl (C=O) groups excluding carboxylic acids is 3. The minimum absolute atomic E-state index is 0.0416. The third-order valence-corrected chi connectivity index (χ3v) is 7.38. The van der Waals surface area contributed by atoms with Crippen LogP contribution in [0.15, 0.2) is 42.6 Å². The van der Waals surface area contributed by atoms with E-state index < -0.39 is 11.6 Å². The molecule has 1 aliphatic carbocycles. The Balaban J connectivity index is 1.22. The Morgan fingerprint density at radius 1 is 1.15 bits per heavy atom. The third-order valence-electron chi connectivity index (χ3n) is 7.38. The first-order chi connectivity index (χ1) is 16.4. The maximum Gasteiger partial charge on any atom is 0.322 e.